The molecule has 6 heteroatoms. The van der Waals surface area contributed by atoms with Crippen molar-refractivity contribution in [1.29, 1.82) is 0 Å². The van der Waals surface area contributed by atoms with E-state index >= 15 is 0 Å². The Bertz CT molecular complexity index is 540. The second-order valence-corrected chi connectivity index (χ2v) is 5.05. The highest BCUT2D eigenvalue weighted by Gasteiger charge is 2.08. The fourth-order valence-electron chi connectivity index (χ4n) is 1.75. The zero-order valence-corrected chi connectivity index (χ0v) is 12.0. The van der Waals surface area contributed by atoms with E-state index in [-0.39, 0.29) is 25.1 Å². The van der Waals surface area contributed by atoms with Gasteiger partial charge in [0, 0.05) is 23.2 Å². The molecule has 1 amide bonds. The first-order valence-electron chi connectivity index (χ1n) is 6.34. The monoisotopic (exact) mass is 291 g/mol. The van der Waals surface area contributed by atoms with Gasteiger partial charge in [0.1, 0.15) is 0 Å². The van der Waals surface area contributed by atoms with Crippen LogP contribution in [-0.4, -0.2) is 29.1 Å². The van der Waals surface area contributed by atoms with Crippen molar-refractivity contribution in [3.8, 4) is 0 Å². The lowest BCUT2D eigenvalue weighted by Crippen LogP contribution is -2.26. The van der Waals surface area contributed by atoms with Crippen LogP contribution in [0.4, 0.5) is 5.69 Å². The van der Waals surface area contributed by atoms with Crippen molar-refractivity contribution in [1.82, 2.24) is 10.3 Å². The maximum Gasteiger partial charge on any atom is 0.251 e. The number of hydrogen-bond acceptors (Lipinski definition) is 5. The molecule has 0 aliphatic rings. The molecule has 0 saturated carbocycles. The molecule has 1 aromatic carbocycles. The van der Waals surface area contributed by atoms with Gasteiger partial charge in [-0.05, 0) is 31.2 Å². The number of thiazole rings is 1. The van der Waals surface area contributed by atoms with Gasteiger partial charge in [-0.3, -0.25) is 4.79 Å². The Labute approximate surface area is 121 Å². The van der Waals surface area contributed by atoms with Crippen LogP contribution in [0.15, 0.2) is 35.2 Å². The number of nitrogens with one attached hydrogen (secondary N) is 2. The van der Waals surface area contributed by atoms with Crippen LogP contribution >= 0.6 is 11.3 Å². The molecule has 1 atom stereocenters. The van der Waals surface area contributed by atoms with Crippen LogP contribution in [0.25, 0.3) is 0 Å². The second-order valence-electron chi connectivity index (χ2n) is 4.34. The molecule has 0 radical (unpaired) electrons. The first-order chi connectivity index (χ1) is 9.70. The van der Waals surface area contributed by atoms with Gasteiger partial charge in [-0.15, -0.1) is 11.3 Å². The number of aliphatic hydroxyl groups excluding tert-OH is 1. The van der Waals surface area contributed by atoms with Crippen LogP contribution in [-0.2, 0) is 0 Å². The standard InChI is InChI=1S/C14H17N3O2S/c1-10(13-8-20-9-16-13)17-12-4-2-11(3-5-12)14(19)15-6-7-18/h2-5,8-10,17-18H,6-7H2,1H3,(H,15,19). The molecule has 1 unspecified atom stereocenters. The van der Waals surface area contributed by atoms with E-state index in [1.165, 1.54) is 0 Å². The largest absolute Gasteiger partial charge is 0.395 e. The molecule has 20 heavy (non-hydrogen) atoms. The Hall–Kier alpha value is -1.92. The number of carbonyl (C=O) groups excluding carboxylic acids is 1. The lowest BCUT2D eigenvalue weighted by Gasteiger charge is -2.13. The highest BCUT2D eigenvalue weighted by Crippen LogP contribution is 2.19. The van der Waals surface area contributed by atoms with Crippen LogP contribution in [0.5, 0.6) is 0 Å². The van der Waals surface area contributed by atoms with Gasteiger partial charge in [0.2, 0.25) is 0 Å². The van der Waals surface area contributed by atoms with Crippen LogP contribution in [0.2, 0.25) is 0 Å². The van der Waals surface area contributed by atoms with Crippen molar-refractivity contribution in [3.05, 3.63) is 46.4 Å². The van der Waals surface area contributed by atoms with E-state index in [0.29, 0.717) is 5.56 Å². The summed E-state index contributed by atoms with van der Waals surface area (Å²) in [5.74, 6) is -0.182. The molecule has 0 bridgehead atoms. The molecule has 0 fully saturated rings. The number of carbonyl (C=O) groups is 1. The van der Waals surface area contributed by atoms with Crippen LogP contribution in [0.3, 0.4) is 0 Å². The van der Waals surface area contributed by atoms with Gasteiger partial charge in [-0.1, -0.05) is 0 Å². The maximum absolute atomic E-state index is 11.7. The van der Waals surface area contributed by atoms with Gasteiger partial charge in [0.05, 0.1) is 23.9 Å². The number of amides is 1. The van der Waals surface area contributed by atoms with Crippen molar-refractivity contribution < 1.29 is 9.90 Å². The molecule has 2 rings (SSSR count). The van der Waals surface area contributed by atoms with Crippen molar-refractivity contribution in [2.24, 2.45) is 0 Å². The molecular formula is C14H17N3O2S. The van der Waals surface area contributed by atoms with Gasteiger partial charge < -0.3 is 15.7 Å². The van der Waals surface area contributed by atoms with Gasteiger partial charge in [0.25, 0.3) is 5.91 Å². The van der Waals surface area contributed by atoms with Crippen molar-refractivity contribution in [2.45, 2.75) is 13.0 Å². The van der Waals surface area contributed by atoms with E-state index < -0.39 is 0 Å². The Balaban J connectivity index is 1.96. The fraction of sp³-hybridized carbons (Fsp3) is 0.286. The average Bonchev–Trinajstić information content (AvgIpc) is 3.00. The van der Waals surface area contributed by atoms with Crippen LogP contribution in [0.1, 0.15) is 29.0 Å². The third-order valence-corrected chi connectivity index (χ3v) is 3.43. The molecule has 0 aliphatic carbocycles. The number of benzene rings is 1. The lowest BCUT2D eigenvalue weighted by molar-refractivity contribution is 0.0945. The average molecular weight is 291 g/mol. The summed E-state index contributed by atoms with van der Waals surface area (Å²) in [5, 5.41) is 16.6. The molecule has 5 nitrogen and oxygen atoms in total. The SMILES string of the molecule is CC(Nc1ccc(C(=O)NCCO)cc1)c1cscn1. The quantitative estimate of drug-likeness (QED) is 0.761. The summed E-state index contributed by atoms with van der Waals surface area (Å²) in [6.45, 7) is 2.24. The predicted molar refractivity (Wildman–Crippen MR) is 80.0 cm³/mol. The minimum Gasteiger partial charge on any atom is -0.395 e. The maximum atomic E-state index is 11.7. The topological polar surface area (TPSA) is 74.2 Å². The third kappa shape index (κ3) is 3.79. The number of hydrogen-bond donors (Lipinski definition) is 3. The first kappa shape index (κ1) is 14.5. The van der Waals surface area contributed by atoms with Crippen LogP contribution < -0.4 is 10.6 Å². The van der Waals surface area contributed by atoms with Gasteiger partial charge >= 0.3 is 0 Å². The highest BCUT2D eigenvalue weighted by molar-refractivity contribution is 7.07. The normalized spacial score (nSPS) is 11.9. The molecule has 3 N–H and O–H groups in total. The Morgan fingerprint density at radius 3 is 2.75 bits per heavy atom. The van der Waals surface area contributed by atoms with Crippen molar-refractivity contribution in [3.63, 3.8) is 0 Å². The van der Waals surface area contributed by atoms with E-state index in [1.807, 2.05) is 29.9 Å². The van der Waals surface area contributed by atoms with Crippen molar-refractivity contribution in [2.75, 3.05) is 18.5 Å². The molecule has 0 saturated heterocycles. The zero-order chi connectivity index (χ0) is 14.4. The Morgan fingerprint density at radius 1 is 1.40 bits per heavy atom. The number of aromatic nitrogens is 1. The van der Waals surface area contributed by atoms with E-state index in [9.17, 15) is 4.79 Å². The number of aliphatic hydroxyl groups is 1. The molecule has 1 aromatic heterocycles. The van der Waals surface area contributed by atoms with Crippen molar-refractivity contribution >= 4 is 22.9 Å². The first-order valence-corrected chi connectivity index (χ1v) is 7.28. The van der Waals surface area contributed by atoms with E-state index in [0.717, 1.165) is 11.4 Å². The van der Waals surface area contributed by atoms with E-state index in [1.54, 1.807) is 23.5 Å². The second kappa shape index (κ2) is 7.02. The fourth-order valence-corrected chi connectivity index (χ4v) is 2.40. The predicted octanol–water partition coefficient (Wildman–Crippen LogP) is 2.04. The molecule has 2 aromatic rings. The third-order valence-electron chi connectivity index (χ3n) is 2.82. The number of nitrogens with zero attached hydrogens (tertiary/aromatic N) is 1. The summed E-state index contributed by atoms with van der Waals surface area (Å²) < 4.78 is 0. The molecule has 0 spiro atoms. The van der Waals surface area contributed by atoms with E-state index in [2.05, 4.69) is 15.6 Å². The summed E-state index contributed by atoms with van der Waals surface area (Å²) in [6, 6.07) is 7.34. The summed E-state index contributed by atoms with van der Waals surface area (Å²) in [6.07, 6.45) is 0. The van der Waals surface area contributed by atoms with Gasteiger partial charge in [-0.25, -0.2) is 4.98 Å². The number of anilines is 1. The minimum absolute atomic E-state index is 0.0590. The highest BCUT2D eigenvalue weighted by atomic mass is 32.1. The lowest BCUT2D eigenvalue weighted by atomic mass is 10.1. The molecule has 1 heterocycles. The summed E-state index contributed by atoms with van der Waals surface area (Å²) in [7, 11) is 0. The molecular weight excluding hydrogens is 274 g/mol. The van der Waals surface area contributed by atoms with Gasteiger partial charge in [0.15, 0.2) is 0 Å². The zero-order valence-electron chi connectivity index (χ0n) is 11.2. The number of rotatable bonds is 6. The summed E-state index contributed by atoms with van der Waals surface area (Å²) in [4.78, 5) is 15.9. The molecule has 0 aliphatic heterocycles. The Morgan fingerprint density at radius 2 is 2.15 bits per heavy atom. The smallest absolute Gasteiger partial charge is 0.251 e. The summed E-state index contributed by atoms with van der Waals surface area (Å²) >= 11 is 1.57. The molecule has 106 valence electrons. The van der Waals surface area contributed by atoms with Gasteiger partial charge in [-0.2, -0.15) is 0 Å². The van der Waals surface area contributed by atoms with Crippen LogP contribution in [0, 0.1) is 0 Å². The minimum atomic E-state index is -0.182. The summed E-state index contributed by atoms with van der Waals surface area (Å²) in [5.41, 5.74) is 4.32. The Kier molecular flexibility index (Phi) is 5.09. The van der Waals surface area contributed by atoms with E-state index in [4.69, 9.17) is 5.11 Å².